The van der Waals surface area contributed by atoms with Crippen LogP contribution in [0.2, 0.25) is 0 Å². The number of furan rings is 2. The van der Waals surface area contributed by atoms with E-state index in [2.05, 4.69) is 218 Å². The summed E-state index contributed by atoms with van der Waals surface area (Å²) in [7, 11) is 0.699. The Morgan fingerprint density at radius 2 is 1.22 bits per heavy atom. The molecule has 0 radical (unpaired) electrons. The van der Waals surface area contributed by atoms with Crippen LogP contribution in [0.1, 0.15) is 79.0 Å². The highest BCUT2D eigenvalue weighted by molar-refractivity contribution is 7.25. The molecular weight excluding hydrogens is 848 g/mol. The number of para-hydroxylation sites is 1. The summed E-state index contributed by atoms with van der Waals surface area (Å²) in [6, 6.07) is 54.0. The largest absolute Gasteiger partial charge is 0.456 e. The van der Waals surface area contributed by atoms with Gasteiger partial charge in [-0.15, -0.1) is 11.3 Å². The van der Waals surface area contributed by atoms with Crippen LogP contribution in [0.25, 0.3) is 103 Å². The Labute approximate surface area is 401 Å². The maximum absolute atomic E-state index is 7.33. The standard InChI is InChI=1S/C62H53BN2O2S/c1-60(2,3)36-19-23-39(24-20-36)64-46-33-53-42(41-29-38(62(7,8)9)22-26-52(41)68-53)31-43(46)56-57-58-54(55-40-17-13-14-18-49(40)67-59(55)56)44-30-37(61(4,5)6)21-25-47(44)65(58)48-27-35-28-50(34-15-11-10-12-16-34)66-51(35)32-45(48)63-57/h10-33,63-64H,1-9H3. The van der Waals surface area contributed by atoms with Crippen molar-refractivity contribution in [3.8, 4) is 28.1 Å². The van der Waals surface area contributed by atoms with Crippen molar-refractivity contribution < 1.29 is 8.83 Å². The van der Waals surface area contributed by atoms with Gasteiger partial charge in [0.1, 0.15) is 22.5 Å². The Hall–Kier alpha value is -7.02. The SMILES string of the molecule is CC(C)(C)c1ccc(Nc2cc3sc4ccc(C(C)(C)C)cc4c3cc2-c2c3c4c(c5cc(C(C)(C)C)ccc5n4-c4cc5cc(-c6ccccc6)oc5cc4B3)c3c2oc2ccccc23)cc1. The number of thiophene rings is 1. The summed E-state index contributed by atoms with van der Waals surface area (Å²) in [6.07, 6.45) is 0. The van der Waals surface area contributed by atoms with Crippen molar-refractivity contribution in [3.63, 3.8) is 0 Å². The molecule has 0 aliphatic carbocycles. The maximum atomic E-state index is 7.33. The summed E-state index contributed by atoms with van der Waals surface area (Å²) in [6.45, 7) is 20.7. The van der Waals surface area contributed by atoms with Gasteiger partial charge in [0.2, 0.25) is 0 Å². The van der Waals surface area contributed by atoms with Crippen molar-refractivity contribution in [1.29, 1.82) is 0 Å². The zero-order valence-electron chi connectivity index (χ0n) is 40.2. The van der Waals surface area contributed by atoms with Crippen molar-refractivity contribution in [2.45, 2.75) is 78.6 Å². The zero-order chi connectivity index (χ0) is 46.6. The lowest BCUT2D eigenvalue weighted by Gasteiger charge is -2.24. The molecule has 1 aliphatic heterocycles. The zero-order valence-corrected chi connectivity index (χ0v) is 41.1. The minimum Gasteiger partial charge on any atom is -0.456 e. The minimum atomic E-state index is -0.0466. The van der Waals surface area contributed by atoms with E-state index in [4.69, 9.17) is 8.83 Å². The lowest BCUT2D eigenvalue weighted by atomic mass is 9.58. The first-order chi connectivity index (χ1) is 32.6. The Morgan fingerprint density at radius 1 is 0.544 bits per heavy atom. The normalized spacial score (nSPS) is 13.2. The summed E-state index contributed by atoms with van der Waals surface area (Å²) >= 11 is 1.87. The van der Waals surface area contributed by atoms with Crippen LogP contribution in [0.3, 0.4) is 0 Å². The van der Waals surface area contributed by atoms with Crippen LogP contribution < -0.4 is 16.2 Å². The molecule has 68 heavy (non-hydrogen) atoms. The van der Waals surface area contributed by atoms with Crippen LogP contribution in [0.15, 0.2) is 154 Å². The van der Waals surface area contributed by atoms with E-state index in [1.54, 1.807) is 0 Å². The number of hydrogen-bond acceptors (Lipinski definition) is 4. The molecule has 6 heteroatoms. The van der Waals surface area contributed by atoms with Gasteiger partial charge in [-0.3, -0.25) is 0 Å². The number of fused-ring (bicyclic) bond motifs is 13. The van der Waals surface area contributed by atoms with Crippen molar-refractivity contribution in [2.24, 2.45) is 0 Å². The Bertz CT molecular complexity index is 4070. The van der Waals surface area contributed by atoms with Crippen LogP contribution in [-0.2, 0) is 16.2 Å². The number of rotatable bonds is 4. The molecule has 12 aromatic rings. The highest BCUT2D eigenvalue weighted by Gasteiger charge is 2.33. The monoisotopic (exact) mass is 900 g/mol. The maximum Gasteiger partial charge on any atom is 0.198 e. The topological polar surface area (TPSA) is 43.2 Å². The first-order valence-electron chi connectivity index (χ1n) is 24.0. The lowest BCUT2D eigenvalue weighted by molar-refractivity contribution is 0.590. The first kappa shape index (κ1) is 41.2. The van der Waals surface area contributed by atoms with Gasteiger partial charge in [-0.05, 0) is 111 Å². The molecule has 0 fully saturated rings. The second-order valence-electron chi connectivity index (χ2n) is 22.3. The molecule has 5 heterocycles. The number of aromatic nitrogens is 1. The van der Waals surface area contributed by atoms with Crippen LogP contribution >= 0.6 is 11.3 Å². The van der Waals surface area contributed by atoms with Gasteiger partial charge >= 0.3 is 0 Å². The second-order valence-corrected chi connectivity index (χ2v) is 23.4. The van der Waals surface area contributed by atoms with Gasteiger partial charge in [0.25, 0.3) is 0 Å². The van der Waals surface area contributed by atoms with E-state index in [0.717, 1.165) is 66.7 Å². The van der Waals surface area contributed by atoms with E-state index in [0.29, 0.717) is 7.28 Å². The van der Waals surface area contributed by atoms with Crippen molar-refractivity contribution in [2.75, 3.05) is 5.32 Å². The molecular formula is C62H53BN2O2S. The molecule has 1 N–H and O–H groups in total. The summed E-state index contributed by atoms with van der Waals surface area (Å²) in [4.78, 5) is 0. The lowest BCUT2D eigenvalue weighted by Crippen LogP contribution is -2.37. The fourth-order valence-corrected chi connectivity index (χ4v) is 12.0. The summed E-state index contributed by atoms with van der Waals surface area (Å²) in [5.74, 6) is 0.875. The van der Waals surface area contributed by atoms with E-state index in [9.17, 15) is 0 Å². The van der Waals surface area contributed by atoms with Gasteiger partial charge in [0.05, 0.1) is 11.0 Å². The van der Waals surface area contributed by atoms with Gasteiger partial charge in [0.15, 0.2) is 7.28 Å². The van der Waals surface area contributed by atoms with Gasteiger partial charge in [-0.1, -0.05) is 141 Å². The molecule has 8 aromatic carbocycles. The van der Waals surface area contributed by atoms with Gasteiger partial charge < -0.3 is 18.7 Å². The Balaban J connectivity index is 1.18. The average Bonchev–Trinajstić information content (AvgIpc) is 4.08. The highest BCUT2D eigenvalue weighted by atomic mass is 32.1. The third-order valence-corrected chi connectivity index (χ3v) is 15.8. The number of anilines is 2. The third-order valence-electron chi connectivity index (χ3n) is 14.7. The van der Waals surface area contributed by atoms with E-state index in [-0.39, 0.29) is 16.2 Å². The Morgan fingerprint density at radius 3 is 1.97 bits per heavy atom. The number of nitrogens with zero attached hydrogens (tertiary/aromatic N) is 1. The summed E-state index contributed by atoms with van der Waals surface area (Å²) in [5.41, 5.74) is 18.2. The van der Waals surface area contributed by atoms with Crippen molar-refractivity contribution in [3.05, 3.63) is 162 Å². The van der Waals surface area contributed by atoms with E-state index < -0.39 is 0 Å². The second kappa shape index (κ2) is 14.3. The molecule has 0 spiro atoms. The summed E-state index contributed by atoms with van der Waals surface area (Å²) < 4.78 is 19.2. The van der Waals surface area contributed by atoms with Gasteiger partial charge in [0, 0.05) is 80.9 Å². The highest BCUT2D eigenvalue weighted by Crippen LogP contribution is 2.50. The van der Waals surface area contributed by atoms with Crippen LogP contribution in [0, 0.1) is 0 Å². The molecule has 0 bridgehead atoms. The van der Waals surface area contributed by atoms with Crippen LogP contribution in [0.4, 0.5) is 11.4 Å². The predicted octanol–water partition coefficient (Wildman–Crippen LogP) is 16.5. The minimum absolute atomic E-state index is 0.0105. The molecule has 0 saturated carbocycles. The molecule has 0 amide bonds. The summed E-state index contributed by atoms with van der Waals surface area (Å²) in [5, 5.41) is 12.4. The smallest absolute Gasteiger partial charge is 0.198 e. The van der Waals surface area contributed by atoms with Crippen LogP contribution in [0.5, 0.6) is 0 Å². The van der Waals surface area contributed by atoms with Crippen molar-refractivity contribution >= 4 is 116 Å². The number of nitrogens with one attached hydrogen (secondary N) is 1. The molecule has 4 aromatic heterocycles. The fraction of sp³-hybridized carbons (Fsp3) is 0.194. The molecule has 0 atom stereocenters. The molecule has 332 valence electrons. The third kappa shape index (κ3) is 6.26. The molecule has 0 saturated heterocycles. The molecule has 4 nitrogen and oxygen atoms in total. The molecule has 0 unspecified atom stereocenters. The Kier molecular flexibility index (Phi) is 8.64. The average molecular weight is 901 g/mol. The van der Waals surface area contributed by atoms with E-state index in [1.165, 1.54) is 75.3 Å². The number of benzene rings is 8. The van der Waals surface area contributed by atoms with Crippen LogP contribution in [-0.4, -0.2) is 11.8 Å². The quantitative estimate of drug-likeness (QED) is 0.179. The van der Waals surface area contributed by atoms with E-state index in [1.807, 2.05) is 11.3 Å². The first-order valence-corrected chi connectivity index (χ1v) is 24.8. The molecule has 13 rings (SSSR count). The number of hydrogen-bond donors (Lipinski definition) is 1. The van der Waals surface area contributed by atoms with Gasteiger partial charge in [-0.2, -0.15) is 0 Å². The fourth-order valence-electron chi connectivity index (χ4n) is 10.9. The molecule has 1 aliphatic rings. The van der Waals surface area contributed by atoms with Crippen molar-refractivity contribution in [1.82, 2.24) is 4.57 Å². The van der Waals surface area contributed by atoms with Gasteiger partial charge in [-0.25, -0.2) is 0 Å². The predicted molar refractivity (Wildman–Crippen MR) is 294 cm³/mol. The van der Waals surface area contributed by atoms with E-state index >= 15 is 0 Å².